The Morgan fingerprint density at radius 2 is 0.906 bits per heavy atom. The molecule has 0 unspecified atom stereocenters. The first kappa shape index (κ1) is 30.0. The molecule has 0 atom stereocenters. The fourth-order valence-corrected chi connectivity index (χ4v) is 9.40. The maximum Gasteiger partial charge on any atom is 0.0810 e. The maximum atomic E-state index is 3.96. The van der Waals surface area contributed by atoms with Gasteiger partial charge < -0.3 is 19.4 Å². The fraction of sp³-hybridized carbons (Fsp3) is 0. The van der Waals surface area contributed by atoms with Gasteiger partial charge in [0.05, 0.1) is 33.4 Å². The lowest BCUT2D eigenvalue weighted by molar-refractivity contribution is 1.16. The molecule has 4 nitrogen and oxygen atoms in total. The van der Waals surface area contributed by atoms with Crippen molar-refractivity contribution in [3.8, 4) is 11.4 Å². The number of para-hydroxylation sites is 6. The first-order chi connectivity index (χ1) is 26.3. The molecule has 0 bridgehead atoms. The van der Waals surface area contributed by atoms with Crippen LogP contribution in [0.5, 0.6) is 0 Å². The third-order valence-corrected chi connectivity index (χ3v) is 11.6. The van der Waals surface area contributed by atoms with E-state index >= 15 is 0 Å². The second-order valence-electron chi connectivity index (χ2n) is 13.4. The molecule has 3 heterocycles. The summed E-state index contributed by atoms with van der Waals surface area (Å²) in [5.74, 6) is 0. The van der Waals surface area contributed by atoms with Gasteiger partial charge in [-0.2, -0.15) is 0 Å². The normalized spacial score (nSPS) is 12.2. The summed E-state index contributed by atoms with van der Waals surface area (Å²) in [6, 6.07) is 67.5. The van der Waals surface area contributed by atoms with Crippen LogP contribution in [0.15, 0.2) is 198 Å². The van der Waals surface area contributed by atoms with Crippen LogP contribution in [-0.4, -0.2) is 9.13 Å². The van der Waals surface area contributed by atoms with Gasteiger partial charge in [-0.1, -0.05) is 115 Å². The predicted molar refractivity (Wildman–Crippen MR) is 224 cm³/mol. The predicted octanol–water partition coefficient (Wildman–Crippen LogP) is 13.6. The molecule has 0 radical (unpaired) electrons. The number of hydrogen-bond acceptors (Lipinski definition) is 3. The van der Waals surface area contributed by atoms with Gasteiger partial charge in [-0.05, 0) is 84.9 Å². The van der Waals surface area contributed by atoms with Gasteiger partial charge in [0, 0.05) is 59.8 Å². The number of hydrogen-bond donors (Lipinski definition) is 1. The number of nitrogens with one attached hydrogen (secondary N) is 1. The molecule has 0 amide bonds. The zero-order valence-electron chi connectivity index (χ0n) is 28.6. The van der Waals surface area contributed by atoms with Crippen molar-refractivity contribution in [2.75, 3.05) is 10.2 Å². The van der Waals surface area contributed by atoms with Gasteiger partial charge in [0.1, 0.15) is 0 Å². The minimum atomic E-state index is 1.10. The Hall–Kier alpha value is -6.69. The topological polar surface area (TPSA) is 25.1 Å². The summed E-state index contributed by atoms with van der Waals surface area (Å²) in [7, 11) is 0. The van der Waals surface area contributed by atoms with Crippen LogP contribution in [0.3, 0.4) is 0 Å². The monoisotopic (exact) mass is 696 g/mol. The van der Waals surface area contributed by atoms with E-state index in [1.165, 1.54) is 53.4 Å². The minimum absolute atomic E-state index is 1.10. The molecule has 0 spiro atoms. The Morgan fingerprint density at radius 1 is 0.415 bits per heavy atom. The average Bonchev–Trinajstić information content (AvgIpc) is 3.76. The number of anilines is 5. The molecule has 250 valence electrons. The highest BCUT2D eigenvalue weighted by atomic mass is 32.2. The van der Waals surface area contributed by atoms with E-state index in [0.29, 0.717) is 0 Å². The number of fused-ring (bicyclic) bond motifs is 11. The fourth-order valence-electron chi connectivity index (χ4n) is 8.24. The highest BCUT2D eigenvalue weighted by Gasteiger charge is 2.30. The molecule has 10 aromatic rings. The average molecular weight is 697 g/mol. The summed E-state index contributed by atoms with van der Waals surface area (Å²) in [6.07, 6.45) is 0. The molecule has 2 aromatic heterocycles. The Labute approximate surface area is 311 Å². The molecule has 0 saturated carbocycles. The van der Waals surface area contributed by atoms with Gasteiger partial charge >= 0.3 is 0 Å². The summed E-state index contributed by atoms with van der Waals surface area (Å²) < 4.78 is 4.95. The summed E-state index contributed by atoms with van der Waals surface area (Å²) in [6.45, 7) is 0. The van der Waals surface area contributed by atoms with E-state index < -0.39 is 0 Å². The Kier molecular flexibility index (Phi) is 6.76. The molecule has 0 fully saturated rings. The molecule has 0 aliphatic carbocycles. The minimum Gasteiger partial charge on any atom is -0.352 e. The maximum absolute atomic E-state index is 3.96. The van der Waals surface area contributed by atoms with Gasteiger partial charge in [-0.3, -0.25) is 0 Å². The number of benzene rings is 8. The highest BCUT2D eigenvalue weighted by Crippen LogP contribution is 2.55. The van der Waals surface area contributed by atoms with Crippen molar-refractivity contribution in [1.82, 2.24) is 9.13 Å². The second kappa shape index (κ2) is 11.9. The smallest absolute Gasteiger partial charge is 0.0810 e. The molecule has 0 saturated heterocycles. The van der Waals surface area contributed by atoms with Crippen LogP contribution < -0.4 is 10.2 Å². The number of aromatic nitrogens is 2. The first-order valence-electron chi connectivity index (χ1n) is 18.0. The summed E-state index contributed by atoms with van der Waals surface area (Å²) in [4.78, 5) is 4.79. The lowest BCUT2D eigenvalue weighted by atomic mass is 10.1. The SMILES string of the molecule is c1ccc(N(c2ccccc2)c2ccc(-n3c4ccccc4c4c5c(c6c(c7ccccc7n6-c6ccccc6)c43)Nc3ccccc3S5)cc2)cc1. The summed E-state index contributed by atoms with van der Waals surface area (Å²) in [5.41, 5.74) is 12.7. The highest BCUT2D eigenvalue weighted by molar-refractivity contribution is 8.00. The van der Waals surface area contributed by atoms with E-state index in [2.05, 4.69) is 207 Å². The standard InChI is InChI=1S/C48H32N4S/c1-4-16-32(17-5-1)50(33-18-6-2-7-19-33)35-28-30-36(31-29-35)51-41-26-14-11-23-38(41)44-46(51)43-37-22-10-13-25-40(37)52(34-20-8-3-9-21-34)47(43)45-48(44)53-42-27-15-12-24-39(42)49-45/h1-31,49H. The van der Waals surface area contributed by atoms with Crippen LogP contribution in [-0.2, 0) is 0 Å². The van der Waals surface area contributed by atoms with Crippen molar-refractivity contribution in [2.24, 2.45) is 0 Å². The van der Waals surface area contributed by atoms with E-state index in [1.807, 2.05) is 11.8 Å². The molecule has 8 aromatic carbocycles. The molecule has 1 aliphatic rings. The largest absolute Gasteiger partial charge is 0.352 e. The third kappa shape index (κ3) is 4.57. The van der Waals surface area contributed by atoms with Crippen molar-refractivity contribution in [3.05, 3.63) is 188 Å². The van der Waals surface area contributed by atoms with E-state index in [1.54, 1.807) is 0 Å². The lowest BCUT2D eigenvalue weighted by Crippen LogP contribution is -2.09. The van der Waals surface area contributed by atoms with Gasteiger partial charge in [0.25, 0.3) is 0 Å². The van der Waals surface area contributed by atoms with Crippen LogP contribution in [0.25, 0.3) is 55.0 Å². The summed E-state index contributed by atoms with van der Waals surface area (Å²) >= 11 is 1.87. The zero-order chi connectivity index (χ0) is 34.9. The van der Waals surface area contributed by atoms with Crippen molar-refractivity contribution in [2.45, 2.75) is 9.79 Å². The Balaban J connectivity index is 1.25. The van der Waals surface area contributed by atoms with Crippen molar-refractivity contribution >= 4 is 83.8 Å². The molecular formula is C48H32N4S. The lowest BCUT2D eigenvalue weighted by Gasteiger charge is -2.26. The quantitative estimate of drug-likeness (QED) is 0.194. The molecule has 5 heteroatoms. The van der Waals surface area contributed by atoms with Crippen molar-refractivity contribution in [3.63, 3.8) is 0 Å². The molecule has 1 N–H and O–H groups in total. The molecule has 11 rings (SSSR count). The Bertz CT molecular complexity index is 2940. The van der Waals surface area contributed by atoms with Gasteiger partial charge in [0.2, 0.25) is 0 Å². The van der Waals surface area contributed by atoms with Crippen molar-refractivity contribution in [1.29, 1.82) is 0 Å². The van der Waals surface area contributed by atoms with Crippen molar-refractivity contribution < 1.29 is 0 Å². The van der Waals surface area contributed by atoms with Crippen LogP contribution >= 0.6 is 11.8 Å². The van der Waals surface area contributed by atoms with Crippen LogP contribution in [0.2, 0.25) is 0 Å². The van der Waals surface area contributed by atoms with Crippen LogP contribution in [0, 0.1) is 0 Å². The Morgan fingerprint density at radius 3 is 1.57 bits per heavy atom. The zero-order valence-corrected chi connectivity index (χ0v) is 29.5. The van der Waals surface area contributed by atoms with E-state index in [-0.39, 0.29) is 0 Å². The molecule has 1 aliphatic heterocycles. The van der Waals surface area contributed by atoms with Crippen LogP contribution in [0.4, 0.5) is 28.4 Å². The molecule has 53 heavy (non-hydrogen) atoms. The number of rotatable bonds is 5. The second-order valence-corrected chi connectivity index (χ2v) is 14.5. The summed E-state index contributed by atoms with van der Waals surface area (Å²) in [5, 5.41) is 8.93. The van der Waals surface area contributed by atoms with E-state index in [0.717, 1.165) is 39.8 Å². The van der Waals surface area contributed by atoms with Gasteiger partial charge in [0.15, 0.2) is 0 Å². The van der Waals surface area contributed by atoms with Gasteiger partial charge in [-0.25, -0.2) is 0 Å². The van der Waals surface area contributed by atoms with E-state index in [4.69, 9.17) is 0 Å². The third-order valence-electron chi connectivity index (χ3n) is 10.4. The molecular weight excluding hydrogens is 665 g/mol. The number of nitrogens with zero attached hydrogens (tertiary/aromatic N) is 3. The first-order valence-corrected chi connectivity index (χ1v) is 18.8. The van der Waals surface area contributed by atoms with Crippen LogP contribution in [0.1, 0.15) is 0 Å². The van der Waals surface area contributed by atoms with Gasteiger partial charge in [-0.15, -0.1) is 0 Å². The van der Waals surface area contributed by atoms with E-state index in [9.17, 15) is 0 Å².